The minimum atomic E-state index is -0.905. The average molecular weight is 359 g/mol. The summed E-state index contributed by atoms with van der Waals surface area (Å²) in [5.74, 6) is -1.52. The van der Waals surface area contributed by atoms with Crippen LogP contribution in [-0.4, -0.2) is 45.1 Å². The van der Waals surface area contributed by atoms with Gasteiger partial charge in [0.1, 0.15) is 5.82 Å². The van der Waals surface area contributed by atoms with Crippen LogP contribution in [0.25, 0.3) is 11.4 Å². The molecule has 8 heteroatoms. The fourth-order valence-corrected chi connectivity index (χ4v) is 3.47. The van der Waals surface area contributed by atoms with Gasteiger partial charge >= 0.3 is 5.97 Å². The molecule has 2 aliphatic rings. The minimum absolute atomic E-state index is 0.0728. The zero-order valence-corrected chi connectivity index (χ0v) is 14.0. The van der Waals surface area contributed by atoms with Crippen molar-refractivity contribution < 1.29 is 23.6 Å². The van der Waals surface area contributed by atoms with E-state index < -0.39 is 17.8 Å². The van der Waals surface area contributed by atoms with Crippen molar-refractivity contribution in [3.8, 4) is 11.4 Å². The quantitative estimate of drug-likeness (QED) is 0.900. The molecule has 7 nitrogen and oxygen atoms in total. The number of benzene rings is 1. The van der Waals surface area contributed by atoms with E-state index in [0.717, 1.165) is 12.8 Å². The number of piperidine rings is 1. The summed E-state index contributed by atoms with van der Waals surface area (Å²) in [4.78, 5) is 29.6. The molecule has 3 unspecified atom stereocenters. The first kappa shape index (κ1) is 16.7. The zero-order valence-electron chi connectivity index (χ0n) is 14.0. The van der Waals surface area contributed by atoms with Gasteiger partial charge in [0.05, 0.1) is 17.8 Å². The first-order chi connectivity index (χ1) is 12.5. The number of amides is 1. The largest absolute Gasteiger partial charge is 0.481 e. The molecule has 2 heterocycles. The van der Waals surface area contributed by atoms with Crippen LogP contribution in [-0.2, 0) is 9.59 Å². The Bertz CT molecular complexity index is 835. The second-order valence-corrected chi connectivity index (χ2v) is 6.87. The molecule has 0 bridgehead atoms. The fraction of sp³-hybridized carbons (Fsp3) is 0.444. The molecule has 2 fully saturated rings. The highest BCUT2D eigenvalue weighted by atomic mass is 19.1. The van der Waals surface area contributed by atoms with E-state index in [0.29, 0.717) is 36.8 Å². The summed E-state index contributed by atoms with van der Waals surface area (Å²) >= 11 is 0. The highest BCUT2D eigenvalue weighted by molar-refractivity contribution is 5.89. The summed E-state index contributed by atoms with van der Waals surface area (Å²) in [5.41, 5.74) is 0.660. The Morgan fingerprint density at radius 2 is 2.00 bits per heavy atom. The number of aromatic nitrogens is 2. The SMILES string of the molecule is O=C(O)C1CC1C(=O)N1CCCC(c2nc(-c3ccc(F)cc3)no2)C1. The van der Waals surface area contributed by atoms with Crippen molar-refractivity contribution in [3.05, 3.63) is 36.0 Å². The number of hydrogen-bond donors (Lipinski definition) is 1. The molecule has 136 valence electrons. The fourth-order valence-electron chi connectivity index (χ4n) is 3.47. The van der Waals surface area contributed by atoms with Gasteiger partial charge in [-0.3, -0.25) is 9.59 Å². The number of halogens is 1. The number of likely N-dealkylation sites (tertiary alicyclic amines) is 1. The number of rotatable bonds is 4. The Hall–Kier alpha value is -2.77. The first-order valence-corrected chi connectivity index (χ1v) is 8.64. The van der Waals surface area contributed by atoms with Crippen LogP contribution in [0.1, 0.15) is 31.1 Å². The third kappa shape index (κ3) is 3.18. The molecule has 0 spiro atoms. The molecule has 1 amide bonds. The van der Waals surface area contributed by atoms with E-state index in [9.17, 15) is 14.0 Å². The van der Waals surface area contributed by atoms with E-state index in [1.54, 1.807) is 17.0 Å². The first-order valence-electron chi connectivity index (χ1n) is 8.64. The molecule has 3 atom stereocenters. The van der Waals surface area contributed by atoms with E-state index >= 15 is 0 Å². The Kier molecular flexibility index (Phi) is 4.18. The van der Waals surface area contributed by atoms with Crippen LogP contribution in [0.2, 0.25) is 0 Å². The molecule has 1 aliphatic heterocycles. The Labute approximate surface area is 148 Å². The molecule has 1 aliphatic carbocycles. The van der Waals surface area contributed by atoms with Crippen molar-refractivity contribution in [2.24, 2.45) is 11.8 Å². The molecule has 1 saturated heterocycles. The van der Waals surface area contributed by atoms with Gasteiger partial charge in [0.2, 0.25) is 17.6 Å². The molecule has 0 radical (unpaired) electrons. The van der Waals surface area contributed by atoms with Crippen LogP contribution in [0.3, 0.4) is 0 Å². The molecule has 4 rings (SSSR count). The zero-order chi connectivity index (χ0) is 18.3. The molecule has 1 aromatic heterocycles. The number of carbonyl (C=O) groups is 2. The Balaban J connectivity index is 1.44. The van der Waals surface area contributed by atoms with Gasteiger partial charge < -0.3 is 14.5 Å². The van der Waals surface area contributed by atoms with Crippen LogP contribution in [0.5, 0.6) is 0 Å². The van der Waals surface area contributed by atoms with Gasteiger partial charge in [-0.05, 0) is 43.5 Å². The average Bonchev–Trinajstić information content (AvgIpc) is 3.31. The van der Waals surface area contributed by atoms with Crippen molar-refractivity contribution >= 4 is 11.9 Å². The standard InChI is InChI=1S/C18H18FN3O4/c19-12-5-3-10(4-6-12)15-20-16(26-21-15)11-2-1-7-22(9-11)17(23)13-8-14(13)18(24)25/h3-6,11,13-14H,1-2,7-9H2,(H,24,25). The maximum Gasteiger partial charge on any atom is 0.307 e. The molecule has 1 N–H and O–H groups in total. The van der Waals surface area contributed by atoms with Gasteiger partial charge in [-0.15, -0.1) is 0 Å². The Morgan fingerprint density at radius 1 is 1.23 bits per heavy atom. The van der Waals surface area contributed by atoms with Gasteiger partial charge in [0, 0.05) is 18.7 Å². The Morgan fingerprint density at radius 3 is 2.69 bits per heavy atom. The molecular weight excluding hydrogens is 341 g/mol. The van der Waals surface area contributed by atoms with E-state index in [-0.39, 0.29) is 17.6 Å². The number of carboxylic acids is 1. The highest BCUT2D eigenvalue weighted by Gasteiger charge is 2.50. The lowest BCUT2D eigenvalue weighted by atomic mass is 9.97. The summed E-state index contributed by atoms with van der Waals surface area (Å²) in [5, 5.41) is 13.0. The van der Waals surface area contributed by atoms with Gasteiger partial charge in [-0.25, -0.2) is 4.39 Å². The van der Waals surface area contributed by atoms with Gasteiger partial charge in [-0.2, -0.15) is 4.98 Å². The molecular formula is C18H18FN3O4. The minimum Gasteiger partial charge on any atom is -0.481 e. The van der Waals surface area contributed by atoms with Gasteiger partial charge in [0.15, 0.2) is 0 Å². The monoisotopic (exact) mass is 359 g/mol. The van der Waals surface area contributed by atoms with Crippen LogP contribution in [0, 0.1) is 17.7 Å². The van der Waals surface area contributed by atoms with Crippen LogP contribution >= 0.6 is 0 Å². The van der Waals surface area contributed by atoms with Crippen LogP contribution in [0.15, 0.2) is 28.8 Å². The van der Waals surface area contributed by atoms with Gasteiger partial charge in [0.25, 0.3) is 0 Å². The maximum absolute atomic E-state index is 13.0. The third-order valence-corrected chi connectivity index (χ3v) is 5.05. The molecule has 26 heavy (non-hydrogen) atoms. The smallest absolute Gasteiger partial charge is 0.307 e. The lowest BCUT2D eigenvalue weighted by molar-refractivity contribution is -0.142. The van der Waals surface area contributed by atoms with Crippen molar-refractivity contribution in [2.45, 2.75) is 25.2 Å². The van der Waals surface area contributed by atoms with Crippen molar-refractivity contribution in [3.63, 3.8) is 0 Å². The lowest BCUT2D eigenvalue weighted by Crippen LogP contribution is -2.40. The van der Waals surface area contributed by atoms with Crippen molar-refractivity contribution in [1.82, 2.24) is 15.0 Å². The summed E-state index contributed by atoms with van der Waals surface area (Å²) < 4.78 is 18.4. The lowest BCUT2D eigenvalue weighted by Gasteiger charge is -2.31. The number of nitrogens with zero attached hydrogens (tertiary/aromatic N) is 3. The topological polar surface area (TPSA) is 96.5 Å². The number of hydrogen-bond acceptors (Lipinski definition) is 5. The molecule has 1 aromatic carbocycles. The summed E-state index contributed by atoms with van der Waals surface area (Å²) in [6.45, 7) is 1.07. The molecule has 2 aromatic rings. The number of aliphatic carboxylic acids is 1. The van der Waals surface area contributed by atoms with E-state index in [1.165, 1.54) is 12.1 Å². The van der Waals surface area contributed by atoms with E-state index in [2.05, 4.69) is 10.1 Å². The second-order valence-electron chi connectivity index (χ2n) is 6.87. The summed E-state index contributed by atoms with van der Waals surface area (Å²) in [6, 6.07) is 5.83. The van der Waals surface area contributed by atoms with Crippen LogP contribution in [0.4, 0.5) is 4.39 Å². The van der Waals surface area contributed by atoms with E-state index in [4.69, 9.17) is 9.63 Å². The maximum atomic E-state index is 13.0. The number of carboxylic acid groups (broad SMARTS) is 1. The van der Waals surface area contributed by atoms with Crippen molar-refractivity contribution in [2.75, 3.05) is 13.1 Å². The van der Waals surface area contributed by atoms with Crippen molar-refractivity contribution in [1.29, 1.82) is 0 Å². The second kappa shape index (κ2) is 6.51. The predicted octanol–water partition coefficient (Wildman–Crippen LogP) is 2.30. The summed E-state index contributed by atoms with van der Waals surface area (Å²) in [6.07, 6.45) is 2.04. The summed E-state index contributed by atoms with van der Waals surface area (Å²) in [7, 11) is 0. The third-order valence-electron chi connectivity index (χ3n) is 5.05. The normalized spacial score (nSPS) is 25.1. The van der Waals surface area contributed by atoms with Crippen LogP contribution < -0.4 is 0 Å². The molecule has 1 saturated carbocycles. The van der Waals surface area contributed by atoms with Gasteiger partial charge in [-0.1, -0.05) is 5.16 Å². The highest BCUT2D eigenvalue weighted by Crippen LogP contribution is 2.41. The predicted molar refractivity (Wildman–Crippen MR) is 87.5 cm³/mol. The number of carbonyl (C=O) groups excluding carboxylic acids is 1. The van der Waals surface area contributed by atoms with E-state index in [1.807, 2.05) is 0 Å².